The van der Waals surface area contributed by atoms with Crippen LogP contribution in [0.5, 0.6) is 0 Å². The molecule has 0 saturated carbocycles. The fraction of sp³-hybridized carbons (Fsp3) is 0.200. The fourth-order valence-electron chi connectivity index (χ4n) is 2.25. The number of hydrogen-bond donors (Lipinski definition) is 4. The third kappa shape index (κ3) is 3.85. The molecule has 0 spiro atoms. The van der Waals surface area contributed by atoms with Gasteiger partial charge in [0.25, 0.3) is 11.5 Å². The summed E-state index contributed by atoms with van der Waals surface area (Å²) in [6, 6.07) is 5.05. The SMILES string of the molecule is Cc1cc(C)c(CNC(=O)c2ccc(F)c(B(O)O)c2)c(=O)[nH]1. The first-order valence-electron chi connectivity index (χ1n) is 6.92. The molecule has 1 aromatic carbocycles. The second kappa shape index (κ2) is 6.76. The normalized spacial score (nSPS) is 10.5. The van der Waals surface area contributed by atoms with Gasteiger partial charge in [-0.05, 0) is 43.7 Å². The predicted octanol–water partition coefficient (Wildman–Crippen LogP) is -0.259. The molecule has 0 aliphatic carbocycles. The minimum atomic E-state index is -2.01. The van der Waals surface area contributed by atoms with Crippen LogP contribution in [-0.4, -0.2) is 28.1 Å². The van der Waals surface area contributed by atoms with Gasteiger partial charge in [-0.3, -0.25) is 9.59 Å². The number of hydrogen-bond acceptors (Lipinski definition) is 4. The molecular formula is C15H16BFN2O4. The van der Waals surface area contributed by atoms with Gasteiger partial charge in [0.2, 0.25) is 0 Å². The summed E-state index contributed by atoms with van der Waals surface area (Å²) in [4.78, 5) is 26.6. The topological polar surface area (TPSA) is 102 Å². The van der Waals surface area contributed by atoms with Crippen LogP contribution in [-0.2, 0) is 6.54 Å². The van der Waals surface area contributed by atoms with E-state index in [2.05, 4.69) is 10.3 Å². The van der Waals surface area contributed by atoms with Gasteiger partial charge in [0.15, 0.2) is 0 Å². The molecular weight excluding hydrogens is 302 g/mol. The molecule has 1 heterocycles. The van der Waals surface area contributed by atoms with Crippen LogP contribution in [0.4, 0.5) is 4.39 Å². The summed E-state index contributed by atoms with van der Waals surface area (Å²) in [6.07, 6.45) is 0. The van der Waals surface area contributed by atoms with E-state index < -0.39 is 18.8 Å². The molecule has 0 bridgehead atoms. The summed E-state index contributed by atoms with van der Waals surface area (Å²) in [6.45, 7) is 3.54. The quantitative estimate of drug-likeness (QED) is 0.583. The number of carbonyl (C=O) groups is 1. The highest BCUT2D eigenvalue weighted by atomic mass is 19.1. The number of amides is 1. The second-order valence-electron chi connectivity index (χ2n) is 5.24. The third-order valence-electron chi connectivity index (χ3n) is 3.46. The van der Waals surface area contributed by atoms with E-state index in [1.165, 1.54) is 6.07 Å². The lowest BCUT2D eigenvalue weighted by Crippen LogP contribution is -2.34. The summed E-state index contributed by atoms with van der Waals surface area (Å²) in [7, 11) is -2.01. The third-order valence-corrected chi connectivity index (χ3v) is 3.46. The summed E-state index contributed by atoms with van der Waals surface area (Å²) < 4.78 is 13.4. The van der Waals surface area contributed by atoms with E-state index in [0.29, 0.717) is 5.56 Å². The number of aromatic nitrogens is 1. The first kappa shape index (κ1) is 16.9. The summed E-state index contributed by atoms with van der Waals surface area (Å²) in [5.74, 6) is -1.37. The Labute approximate surface area is 132 Å². The Balaban J connectivity index is 2.18. The van der Waals surface area contributed by atoms with Crippen LogP contribution in [0.1, 0.15) is 27.2 Å². The maximum atomic E-state index is 13.4. The van der Waals surface area contributed by atoms with Gasteiger partial charge in [-0.1, -0.05) is 0 Å². The van der Waals surface area contributed by atoms with Crippen LogP contribution in [0.3, 0.4) is 0 Å². The van der Waals surface area contributed by atoms with E-state index in [0.717, 1.165) is 23.4 Å². The van der Waals surface area contributed by atoms with E-state index in [4.69, 9.17) is 10.0 Å². The molecule has 4 N–H and O–H groups in total. The molecule has 23 heavy (non-hydrogen) atoms. The molecule has 8 heteroatoms. The number of H-pyrrole nitrogens is 1. The van der Waals surface area contributed by atoms with E-state index in [1.54, 1.807) is 19.9 Å². The van der Waals surface area contributed by atoms with Crippen LogP contribution < -0.4 is 16.3 Å². The summed E-state index contributed by atoms with van der Waals surface area (Å²) in [5, 5.41) is 20.7. The van der Waals surface area contributed by atoms with Crippen molar-refractivity contribution in [3.63, 3.8) is 0 Å². The zero-order chi connectivity index (χ0) is 17.1. The predicted molar refractivity (Wildman–Crippen MR) is 83.9 cm³/mol. The lowest BCUT2D eigenvalue weighted by atomic mass is 9.79. The highest BCUT2D eigenvalue weighted by Crippen LogP contribution is 2.05. The van der Waals surface area contributed by atoms with Crippen molar-refractivity contribution in [1.82, 2.24) is 10.3 Å². The van der Waals surface area contributed by atoms with E-state index >= 15 is 0 Å². The molecule has 0 saturated heterocycles. The molecule has 120 valence electrons. The fourth-order valence-corrected chi connectivity index (χ4v) is 2.25. The summed E-state index contributed by atoms with van der Waals surface area (Å²) in [5.41, 5.74) is 1.29. The number of rotatable bonds is 4. The van der Waals surface area contributed by atoms with E-state index in [1.807, 2.05) is 0 Å². The Morgan fingerprint density at radius 1 is 1.30 bits per heavy atom. The van der Waals surface area contributed by atoms with Gasteiger partial charge in [-0.25, -0.2) is 4.39 Å². The number of carbonyl (C=O) groups excluding carboxylic acids is 1. The largest absolute Gasteiger partial charge is 0.491 e. The van der Waals surface area contributed by atoms with Crippen molar-refractivity contribution in [2.45, 2.75) is 20.4 Å². The molecule has 0 atom stereocenters. The van der Waals surface area contributed by atoms with Gasteiger partial charge >= 0.3 is 7.12 Å². The first-order valence-corrected chi connectivity index (χ1v) is 6.92. The van der Waals surface area contributed by atoms with Gasteiger partial charge in [0, 0.05) is 28.8 Å². The number of halogens is 1. The maximum absolute atomic E-state index is 13.4. The van der Waals surface area contributed by atoms with Gasteiger partial charge in [0.05, 0.1) is 0 Å². The van der Waals surface area contributed by atoms with E-state index in [9.17, 15) is 14.0 Å². The van der Waals surface area contributed by atoms with Gasteiger partial charge in [-0.15, -0.1) is 0 Å². The molecule has 0 aliphatic rings. The monoisotopic (exact) mass is 318 g/mol. The van der Waals surface area contributed by atoms with Crippen molar-refractivity contribution >= 4 is 18.5 Å². The number of aromatic amines is 1. The number of pyridine rings is 1. The van der Waals surface area contributed by atoms with Crippen molar-refractivity contribution in [2.24, 2.45) is 0 Å². The van der Waals surface area contributed by atoms with Crippen LogP contribution in [0.25, 0.3) is 0 Å². The van der Waals surface area contributed by atoms with Crippen molar-refractivity contribution in [2.75, 3.05) is 0 Å². The zero-order valence-electron chi connectivity index (χ0n) is 12.7. The Bertz CT molecular complexity index is 805. The lowest BCUT2D eigenvalue weighted by Gasteiger charge is -2.09. The number of nitrogens with one attached hydrogen (secondary N) is 2. The average molecular weight is 318 g/mol. The summed E-state index contributed by atoms with van der Waals surface area (Å²) >= 11 is 0. The standard InChI is InChI=1S/C15H16BFN2O4/c1-8-5-9(2)19-15(21)11(8)7-18-14(20)10-3-4-13(17)12(6-10)16(22)23/h3-6,22-23H,7H2,1-2H3,(H,18,20)(H,19,21). The minimum absolute atomic E-state index is 0.00860. The van der Waals surface area contributed by atoms with Crippen LogP contribution in [0, 0.1) is 19.7 Å². The van der Waals surface area contributed by atoms with Crippen molar-refractivity contribution in [3.05, 3.63) is 62.8 Å². The maximum Gasteiger partial charge on any atom is 0.491 e. The molecule has 0 unspecified atom stereocenters. The minimum Gasteiger partial charge on any atom is -0.423 e. The van der Waals surface area contributed by atoms with E-state index in [-0.39, 0.29) is 23.1 Å². The molecule has 0 radical (unpaired) electrons. The average Bonchev–Trinajstić information content (AvgIpc) is 2.45. The highest BCUT2D eigenvalue weighted by Gasteiger charge is 2.19. The number of benzene rings is 1. The second-order valence-corrected chi connectivity index (χ2v) is 5.24. The highest BCUT2D eigenvalue weighted by molar-refractivity contribution is 6.58. The molecule has 2 rings (SSSR count). The number of aryl methyl sites for hydroxylation is 2. The van der Waals surface area contributed by atoms with Gasteiger partial charge in [-0.2, -0.15) is 0 Å². The van der Waals surface area contributed by atoms with Crippen LogP contribution in [0.15, 0.2) is 29.1 Å². The Morgan fingerprint density at radius 3 is 2.61 bits per heavy atom. The van der Waals surface area contributed by atoms with Crippen LogP contribution in [0.2, 0.25) is 0 Å². The molecule has 6 nitrogen and oxygen atoms in total. The van der Waals surface area contributed by atoms with Crippen molar-refractivity contribution < 1.29 is 19.2 Å². The molecule has 1 aromatic heterocycles. The van der Waals surface area contributed by atoms with Gasteiger partial charge < -0.3 is 20.3 Å². The van der Waals surface area contributed by atoms with Crippen molar-refractivity contribution in [3.8, 4) is 0 Å². The Morgan fingerprint density at radius 2 is 2.00 bits per heavy atom. The molecule has 1 amide bonds. The van der Waals surface area contributed by atoms with Crippen molar-refractivity contribution in [1.29, 1.82) is 0 Å². The smallest absolute Gasteiger partial charge is 0.423 e. The Hall–Kier alpha value is -2.45. The zero-order valence-corrected chi connectivity index (χ0v) is 12.7. The van der Waals surface area contributed by atoms with Crippen LogP contribution >= 0.6 is 0 Å². The first-order chi connectivity index (χ1) is 10.8. The molecule has 0 aliphatic heterocycles. The Kier molecular flexibility index (Phi) is 4.97. The lowest BCUT2D eigenvalue weighted by molar-refractivity contribution is 0.0951. The molecule has 2 aromatic rings. The molecule has 0 fully saturated rings. The van der Waals surface area contributed by atoms with Gasteiger partial charge in [0.1, 0.15) is 5.82 Å².